The molecule has 0 bridgehead atoms. The van der Waals surface area contributed by atoms with E-state index in [0.717, 1.165) is 5.69 Å². The van der Waals surface area contributed by atoms with E-state index in [-0.39, 0.29) is 24.2 Å². The Bertz CT molecular complexity index is 1080. The average molecular weight is 411 g/mol. The Morgan fingerprint density at radius 3 is 2.72 bits per heavy atom. The van der Waals surface area contributed by atoms with Crippen LogP contribution < -0.4 is 9.64 Å². The van der Waals surface area contributed by atoms with E-state index in [9.17, 15) is 9.59 Å². The molecule has 1 aliphatic rings. The Balaban J connectivity index is 1.64. The number of Topliss-reactive ketones (excluding diaryl/α,β-unsaturated/α-hetero) is 1. The van der Waals surface area contributed by atoms with Crippen molar-refractivity contribution >= 4 is 29.0 Å². The van der Waals surface area contributed by atoms with Gasteiger partial charge in [0.2, 0.25) is 0 Å². The molecule has 0 spiro atoms. The van der Waals surface area contributed by atoms with Crippen LogP contribution >= 0.6 is 11.6 Å². The van der Waals surface area contributed by atoms with E-state index in [1.165, 1.54) is 19.5 Å². The number of ether oxygens (including phenoxy) is 1. The lowest BCUT2D eigenvalue weighted by molar-refractivity contribution is 0.0951. The normalized spacial score (nSPS) is 15.9. The van der Waals surface area contributed by atoms with Gasteiger partial charge in [-0.3, -0.25) is 19.3 Å². The number of hydrogen-bond donors (Lipinski definition) is 0. The highest BCUT2D eigenvalue weighted by Crippen LogP contribution is 2.29. The number of fused-ring (bicyclic) bond motifs is 1. The highest BCUT2D eigenvalue weighted by Gasteiger charge is 2.33. The van der Waals surface area contributed by atoms with Crippen LogP contribution in [0.3, 0.4) is 0 Å². The van der Waals surface area contributed by atoms with Gasteiger partial charge >= 0.3 is 0 Å². The summed E-state index contributed by atoms with van der Waals surface area (Å²) in [6, 6.07) is 8.73. The fourth-order valence-corrected chi connectivity index (χ4v) is 3.58. The van der Waals surface area contributed by atoms with Gasteiger partial charge in [-0.15, -0.1) is 0 Å². The molecule has 3 heterocycles. The summed E-state index contributed by atoms with van der Waals surface area (Å²) in [6.45, 7) is 2.48. The van der Waals surface area contributed by atoms with Gasteiger partial charge in [0.25, 0.3) is 5.91 Å². The third kappa shape index (κ3) is 3.61. The lowest BCUT2D eigenvalue weighted by Crippen LogP contribution is -2.43. The Labute approximate surface area is 172 Å². The maximum Gasteiger partial charge on any atom is 0.276 e. The highest BCUT2D eigenvalue weighted by atomic mass is 35.5. The van der Waals surface area contributed by atoms with Crippen molar-refractivity contribution in [2.45, 2.75) is 19.4 Å². The van der Waals surface area contributed by atoms with Crippen LogP contribution in [0, 0.1) is 0 Å². The molecule has 0 unspecified atom stereocenters. The zero-order valence-corrected chi connectivity index (χ0v) is 16.8. The van der Waals surface area contributed by atoms with Crippen molar-refractivity contribution in [2.24, 2.45) is 0 Å². The molecule has 1 aromatic carbocycles. The summed E-state index contributed by atoms with van der Waals surface area (Å²) in [5.41, 5.74) is 2.21. The van der Waals surface area contributed by atoms with Crippen molar-refractivity contribution in [1.29, 1.82) is 0 Å². The Morgan fingerprint density at radius 1 is 1.24 bits per heavy atom. The summed E-state index contributed by atoms with van der Waals surface area (Å²) in [4.78, 5) is 31.7. The van der Waals surface area contributed by atoms with Gasteiger partial charge in [-0.25, -0.2) is 0 Å². The summed E-state index contributed by atoms with van der Waals surface area (Å²) < 4.78 is 6.83. The van der Waals surface area contributed by atoms with Gasteiger partial charge in [0, 0.05) is 41.0 Å². The van der Waals surface area contributed by atoms with E-state index in [1.807, 2.05) is 19.1 Å². The van der Waals surface area contributed by atoms with Gasteiger partial charge in [0.1, 0.15) is 11.4 Å². The van der Waals surface area contributed by atoms with Crippen molar-refractivity contribution in [2.75, 3.05) is 18.6 Å². The molecule has 0 saturated carbocycles. The quantitative estimate of drug-likeness (QED) is 0.601. The predicted octanol–water partition coefficient (Wildman–Crippen LogP) is 3.59. The number of anilines is 1. The highest BCUT2D eigenvalue weighted by molar-refractivity contribution is 6.30. The molecule has 0 saturated heterocycles. The topological polar surface area (TPSA) is 77.3 Å². The molecule has 0 fully saturated rings. The van der Waals surface area contributed by atoms with Crippen LogP contribution in [-0.4, -0.2) is 40.1 Å². The van der Waals surface area contributed by atoms with Crippen molar-refractivity contribution in [3.05, 3.63) is 70.8 Å². The van der Waals surface area contributed by atoms with E-state index in [0.29, 0.717) is 34.1 Å². The maximum absolute atomic E-state index is 13.2. The van der Waals surface area contributed by atoms with Crippen LogP contribution in [0.2, 0.25) is 5.02 Å². The first kappa shape index (κ1) is 19.1. The third-order valence-corrected chi connectivity index (χ3v) is 5.20. The van der Waals surface area contributed by atoms with Gasteiger partial charge in [-0.1, -0.05) is 11.6 Å². The smallest absolute Gasteiger partial charge is 0.276 e. The molecule has 3 aromatic rings. The van der Waals surface area contributed by atoms with Crippen LogP contribution in [0.25, 0.3) is 0 Å². The number of aromatic nitrogens is 3. The molecule has 0 N–H and O–H groups in total. The van der Waals surface area contributed by atoms with Gasteiger partial charge < -0.3 is 9.64 Å². The first-order chi connectivity index (χ1) is 14.0. The number of amides is 1. The Kier molecular flexibility index (Phi) is 5.07. The summed E-state index contributed by atoms with van der Waals surface area (Å²) in [6.07, 6.45) is 4.68. The van der Waals surface area contributed by atoms with E-state index < -0.39 is 0 Å². The summed E-state index contributed by atoms with van der Waals surface area (Å²) in [5, 5.41) is 4.97. The van der Waals surface area contributed by atoms with Gasteiger partial charge in [0.15, 0.2) is 5.78 Å². The molecule has 4 rings (SSSR count). The number of methoxy groups -OCH3 is 1. The fraction of sp³-hybridized carbons (Fsp3) is 0.238. The van der Waals surface area contributed by atoms with E-state index in [2.05, 4.69) is 10.1 Å². The SMILES string of the molecule is COc1cncc(C(=O)Cc2cnn3c2C(=O)N(c2ccc(Cl)cc2)C[C@@H]3C)c1. The molecular formula is C21H19ClN4O3. The standard InChI is InChI=1S/C21H19ClN4O3/c1-13-12-25(17-5-3-16(22)4-6-17)21(28)20-15(10-24-26(13)20)8-19(27)14-7-18(29-2)11-23-9-14/h3-7,9-11,13H,8,12H2,1-2H3/t13-/m0/s1. The molecule has 1 atom stereocenters. The first-order valence-corrected chi connectivity index (χ1v) is 9.51. The number of pyridine rings is 1. The van der Waals surface area contributed by atoms with Crippen LogP contribution in [0.5, 0.6) is 5.75 Å². The van der Waals surface area contributed by atoms with Crippen molar-refractivity contribution in [1.82, 2.24) is 14.8 Å². The number of rotatable bonds is 5. The Hall–Kier alpha value is -3.19. The van der Waals surface area contributed by atoms with E-state index >= 15 is 0 Å². The molecule has 8 heteroatoms. The number of benzene rings is 1. The monoisotopic (exact) mass is 410 g/mol. The molecule has 0 radical (unpaired) electrons. The number of halogens is 1. The van der Waals surface area contributed by atoms with Crippen molar-refractivity contribution in [3.8, 4) is 5.75 Å². The van der Waals surface area contributed by atoms with Gasteiger partial charge in [-0.05, 0) is 37.3 Å². The first-order valence-electron chi connectivity index (χ1n) is 9.14. The average Bonchev–Trinajstić information content (AvgIpc) is 3.16. The Morgan fingerprint density at radius 2 is 2.00 bits per heavy atom. The van der Waals surface area contributed by atoms with Crippen molar-refractivity contribution in [3.63, 3.8) is 0 Å². The maximum atomic E-state index is 13.2. The molecule has 148 valence electrons. The molecule has 2 aromatic heterocycles. The van der Waals surface area contributed by atoms with Crippen LogP contribution in [0.15, 0.2) is 48.9 Å². The minimum atomic E-state index is -0.186. The van der Waals surface area contributed by atoms with Gasteiger partial charge in [0.05, 0.1) is 25.5 Å². The number of nitrogens with zero attached hydrogens (tertiary/aromatic N) is 4. The van der Waals surface area contributed by atoms with E-state index in [1.54, 1.807) is 34.0 Å². The largest absolute Gasteiger partial charge is 0.495 e. The lowest BCUT2D eigenvalue weighted by atomic mass is 10.0. The number of carbonyl (C=O) groups is 2. The molecule has 1 amide bonds. The zero-order valence-electron chi connectivity index (χ0n) is 16.0. The predicted molar refractivity (Wildman–Crippen MR) is 109 cm³/mol. The summed E-state index contributed by atoms with van der Waals surface area (Å²) in [7, 11) is 1.52. The number of carbonyl (C=O) groups excluding carboxylic acids is 2. The molecular weight excluding hydrogens is 392 g/mol. The summed E-state index contributed by atoms with van der Waals surface area (Å²) >= 11 is 5.97. The zero-order chi connectivity index (χ0) is 20.5. The van der Waals surface area contributed by atoms with Crippen molar-refractivity contribution < 1.29 is 14.3 Å². The minimum Gasteiger partial charge on any atom is -0.495 e. The van der Waals surface area contributed by atoms with Crippen LogP contribution in [0.4, 0.5) is 5.69 Å². The van der Waals surface area contributed by atoms with Crippen LogP contribution in [-0.2, 0) is 6.42 Å². The lowest BCUT2D eigenvalue weighted by Gasteiger charge is -2.32. The molecule has 1 aliphatic heterocycles. The summed E-state index contributed by atoms with van der Waals surface area (Å²) in [5.74, 6) is 0.164. The second-order valence-corrected chi connectivity index (χ2v) is 7.35. The van der Waals surface area contributed by atoms with E-state index in [4.69, 9.17) is 16.3 Å². The minimum absolute atomic E-state index is 0.0271. The second-order valence-electron chi connectivity index (χ2n) is 6.92. The molecule has 0 aliphatic carbocycles. The van der Waals surface area contributed by atoms with Gasteiger partial charge in [-0.2, -0.15) is 5.10 Å². The third-order valence-electron chi connectivity index (χ3n) is 4.94. The van der Waals surface area contributed by atoms with Crippen LogP contribution in [0.1, 0.15) is 39.4 Å². The fourth-order valence-electron chi connectivity index (χ4n) is 3.45. The molecule has 29 heavy (non-hydrogen) atoms. The number of ketones is 1. The molecule has 7 nitrogen and oxygen atoms in total. The second kappa shape index (κ2) is 7.67. The number of hydrogen-bond acceptors (Lipinski definition) is 5.